The van der Waals surface area contributed by atoms with E-state index in [1.54, 1.807) is 0 Å². The Bertz CT molecular complexity index is 1910. The van der Waals surface area contributed by atoms with Crippen LogP contribution >= 0.6 is 33.3 Å². The number of aliphatic imine (C=N–C) groups is 1. The number of thioether (sulfide) groups is 1. The first-order valence-corrected chi connectivity index (χ1v) is 24.7. The number of carbonyl (C=O) groups excluding carboxylic acids is 10. The van der Waals surface area contributed by atoms with Crippen molar-refractivity contribution < 1.29 is 53.1 Å². The first-order chi connectivity index (χ1) is 32.0. The van der Waals surface area contributed by atoms with E-state index in [1.165, 1.54) is 31.2 Å². The Kier molecular flexibility index (Phi) is 28.8. The van der Waals surface area contributed by atoms with Gasteiger partial charge in [0.2, 0.25) is 59.1 Å². The number of nitrogens with one attached hydrogen (secondary N) is 7. The van der Waals surface area contributed by atoms with Crippen LogP contribution in [0.15, 0.2) is 29.3 Å². The lowest BCUT2D eigenvalue weighted by Gasteiger charge is -2.26. The molecule has 380 valence electrons. The number of primary amides is 3. The predicted molar refractivity (Wildman–Crippen MR) is 258 cm³/mol. The highest BCUT2D eigenvalue weighted by Crippen LogP contribution is 2.23. The molecule has 0 aliphatic carbocycles. The fraction of sp³-hybridized carbons (Fsp3) is 0.564. The summed E-state index contributed by atoms with van der Waals surface area (Å²) >= 11 is 0.978. The van der Waals surface area contributed by atoms with Crippen LogP contribution in [-0.4, -0.2) is 149 Å². The van der Waals surface area contributed by atoms with Gasteiger partial charge in [-0.1, -0.05) is 33.7 Å². The van der Waals surface area contributed by atoms with Gasteiger partial charge in [0.15, 0.2) is 5.96 Å². The molecule has 0 spiro atoms. The van der Waals surface area contributed by atoms with Crippen molar-refractivity contribution in [2.45, 2.75) is 101 Å². The van der Waals surface area contributed by atoms with Crippen molar-refractivity contribution in [3.8, 4) is 5.75 Å². The van der Waals surface area contributed by atoms with Gasteiger partial charge in [0.25, 0.3) is 0 Å². The van der Waals surface area contributed by atoms with Crippen LogP contribution in [0.3, 0.4) is 0 Å². The Labute approximate surface area is 405 Å². The molecule has 0 saturated carbocycles. The molecule has 29 heteroatoms. The molecule has 0 heterocycles. The summed E-state index contributed by atoms with van der Waals surface area (Å²) < 4.78 is 0. The number of hydrogen-bond acceptors (Lipinski definition) is 17. The van der Waals surface area contributed by atoms with Gasteiger partial charge in [-0.2, -0.15) is 0 Å². The zero-order valence-corrected chi connectivity index (χ0v) is 40.2. The van der Waals surface area contributed by atoms with Crippen molar-refractivity contribution >= 4 is 98.4 Å². The molecule has 0 aliphatic heterocycles. The Morgan fingerprint density at radius 3 is 1.63 bits per heavy atom. The van der Waals surface area contributed by atoms with E-state index in [0.29, 0.717) is 24.9 Å². The van der Waals surface area contributed by atoms with Crippen molar-refractivity contribution in [3.63, 3.8) is 0 Å². The molecule has 0 bridgehead atoms. The third kappa shape index (κ3) is 25.8. The molecule has 0 radical (unpaired) electrons. The fourth-order valence-corrected chi connectivity index (χ4v) is 8.86. The summed E-state index contributed by atoms with van der Waals surface area (Å²) in [7, 11) is 2.02. The summed E-state index contributed by atoms with van der Waals surface area (Å²) in [6.45, 7) is 2.88. The number of carbonyl (C=O) groups is 10. The monoisotopic (exact) mass is 1020 g/mol. The molecule has 1 rings (SSSR count). The Hall–Kier alpha value is -6.04. The number of phenols is 1. The highest BCUT2D eigenvalue weighted by Gasteiger charge is 2.33. The van der Waals surface area contributed by atoms with E-state index in [1.807, 2.05) is 0 Å². The zero-order chi connectivity index (χ0) is 51.3. The van der Waals surface area contributed by atoms with E-state index in [-0.39, 0.29) is 67.1 Å². The molecule has 0 saturated heterocycles. The number of amides is 10. The van der Waals surface area contributed by atoms with Gasteiger partial charge in [0, 0.05) is 44.1 Å². The predicted octanol–water partition coefficient (Wildman–Crippen LogP) is -5.57. The molecule has 1 aromatic rings. The van der Waals surface area contributed by atoms with Crippen molar-refractivity contribution in [1.82, 2.24) is 37.2 Å². The maximum atomic E-state index is 14.1. The number of guanidine groups is 1. The smallest absolute Gasteiger partial charge is 0.244 e. The van der Waals surface area contributed by atoms with Crippen LogP contribution in [0.5, 0.6) is 5.75 Å². The largest absolute Gasteiger partial charge is 0.508 e. The minimum absolute atomic E-state index is 0.00786. The van der Waals surface area contributed by atoms with E-state index in [0.717, 1.165) is 40.3 Å². The fourth-order valence-electron chi connectivity index (χ4n) is 5.68. The molecular weight excluding hydrogens is 951 g/mol. The van der Waals surface area contributed by atoms with Gasteiger partial charge in [0.1, 0.15) is 42.0 Å². The van der Waals surface area contributed by atoms with E-state index in [9.17, 15) is 53.1 Å². The number of phenolic OH excluding ortho intramolecular Hbond substituents is 1. The first kappa shape index (κ1) is 60.0. The Morgan fingerprint density at radius 1 is 0.603 bits per heavy atom. The number of unbranched alkanes of at least 4 members (excludes halogenated alkanes) is 1. The van der Waals surface area contributed by atoms with Crippen LogP contribution in [0.1, 0.15) is 57.9 Å². The normalized spacial score (nSPS) is 13.9. The maximum absolute atomic E-state index is 14.1. The number of nitrogens with zero attached hydrogens (tertiary/aromatic N) is 1. The quantitative estimate of drug-likeness (QED) is 0.0101. The van der Waals surface area contributed by atoms with Crippen LogP contribution < -0.4 is 77.4 Å². The molecule has 7 atom stereocenters. The standard InChI is InChI=1S/C39H65N15O11S3/c1-20(55)48-19-66-17-29(53-36(63)28(15-31(42)58)52-35(62)27(49-21(2)56)14-22-8-10-23(57)11-9-22)37(64)54-30(38(65)51-26(33(44)60)7-5-13-47-39(45)46)18-68-67-16-24(41)34(61)50-25(32(43)59)6-3-4-12-40/h8-11,24-30,57H,3-7,12-19,40-41H2,1-2H3,(H2,42,58)(H2,43,59)(H2,44,60)(H,48,55)(H,49,56)(H,50,61)(H,51,65)(H,52,62)(H,53,63)(H,54,64)(H4,45,46,47)/t24-,25-,26-,27-,28-,29-,30-/m0/s1. The van der Waals surface area contributed by atoms with E-state index in [4.69, 9.17) is 40.1 Å². The SMILES string of the molecule is CC(=O)NCSC[C@H](NC(=O)[C@H](CC(N)=O)NC(=O)[C@H](Cc1ccc(O)cc1)NC(C)=O)C(=O)N[C@@H](CSSC[C@H](N)C(=O)N[C@@H](CCCCN)C(N)=O)C(=O)N[C@@H](CCCN=C(N)N)C(N)=O. The van der Waals surface area contributed by atoms with Gasteiger partial charge < -0.3 is 82.5 Å². The van der Waals surface area contributed by atoms with E-state index in [2.05, 4.69) is 42.2 Å². The summed E-state index contributed by atoms with van der Waals surface area (Å²) in [4.78, 5) is 132. The van der Waals surface area contributed by atoms with Crippen LogP contribution in [0.4, 0.5) is 0 Å². The van der Waals surface area contributed by atoms with Gasteiger partial charge in [-0.05, 0) is 56.3 Å². The lowest BCUT2D eigenvalue weighted by molar-refractivity contribution is -0.135. The lowest BCUT2D eigenvalue weighted by Crippen LogP contribution is -2.60. The Morgan fingerprint density at radius 2 is 1.10 bits per heavy atom. The minimum Gasteiger partial charge on any atom is -0.508 e. The van der Waals surface area contributed by atoms with Gasteiger partial charge in [0.05, 0.1) is 18.3 Å². The molecule has 22 N–H and O–H groups in total. The van der Waals surface area contributed by atoms with Crippen molar-refractivity contribution in [2.75, 3.05) is 36.2 Å². The summed E-state index contributed by atoms with van der Waals surface area (Å²) in [5.74, 6) is -9.06. The van der Waals surface area contributed by atoms with Crippen LogP contribution in [0.25, 0.3) is 0 Å². The first-order valence-electron chi connectivity index (χ1n) is 21.1. The maximum Gasteiger partial charge on any atom is 0.244 e. The number of benzene rings is 1. The van der Waals surface area contributed by atoms with Gasteiger partial charge >= 0.3 is 0 Å². The second-order valence-corrected chi connectivity index (χ2v) is 18.6. The topological polar surface area (TPSA) is 470 Å². The van der Waals surface area contributed by atoms with Gasteiger partial charge in [-0.3, -0.25) is 52.9 Å². The average Bonchev–Trinajstić information content (AvgIpc) is 3.25. The summed E-state index contributed by atoms with van der Waals surface area (Å²) in [5, 5.41) is 27.1. The minimum atomic E-state index is -1.70. The molecule has 26 nitrogen and oxygen atoms in total. The Balaban J connectivity index is 3.43. The van der Waals surface area contributed by atoms with Gasteiger partial charge in [-0.25, -0.2) is 0 Å². The molecule has 10 amide bonds. The molecular formula is C39H65N15O11S3. The second kappa shape index (κ2) is 32.6. The third-order valence-electron chi connectivity index (χ3n) is 9.20. The summed E-state index contributed by atoms with van der Waals surface area (Å²) in [6.07, 6.45) is 0.721. The van der Waals surface area contributed by atoms with Gasteiger partial charge in [-0.15, -0.1) is 11.8 Å². The number of hydrogen-bond donors (Lipinski definition) is 15. The molecule has 0 aliphatic rings. The highest BCUT2D eigenvalue weighted by molar-refractivity contribution is 8.76. The van der Waals surface area contributed by atoms with Crippen LogP contribution in [0.2, 0.25) is 0 Å². The average molecular weight is 1020 g/mol. The van der Waals surface area contributed by atoms with E-state index < -0.39 is 108 Å². The third-order valence-corrected chi connectivity index (χ3v) is 12.6. The molecule has 1 aromatic carbocycles. The number of rotatable bonds is 34. The van der Waals surface area contributed by atoms with Crippen LogP contribution in [0, 0.1) is 0 Å². The molecule has 0 fully saturated rings. The van der Waals surface area contributed by atoms with Crippen molar-refractivity contribution in [2.24, 2.45) is 45.1 Å². The number of nitrogens with two attached hydrogens (primary N) is 7. The second-order valence-electron chi connectivity index (χ2n) is 15.1. The molecule has 0 unspecified atom stereocenters. The van der Waals surface area contributed by atoms with Crippen molar-refractivity contribution in [1.29, 1.82) is 0 Å². The van der Waals surface area contributed by atoms with Crippen LogP contribution in [-0.2, 0) is 54.4 Å². The summed E-state index contributed by atoms with van der Waals surface area (Å²) in [6, 6.07) is -3.62. The van der Waals surface area contributed by atoms with Crippen molar-refractivity contribution in [3.05, 3.63) is 29.8 Å². The number of aromatic hydroxyl groups is 1. The van der Waals surface area contributed by atoms with E-state index >= 15 is 0 Å². The molecule has 0 aromatic heterocycles. The summed E-state index contributed by atoms with van der Waals surface area (Å²) in [5.41, 5.74) is 39.3. The zero-order valence-electron chi connectivity index (χ0n) is 37.8. The highest BCUT2D eigenvalue weighted by atomic mass is 33.1. The molecule has 68 heavy (non-hydrogen) atoms. The lowest BCUT2D eigenvalue weighted by atomic mass is 10.0.